The molecular weight excluding hydrogens is 172 g/mol. The van der Waals surface area contributed by atoms with E-state index in [1.54, 1.807) is 0 Å². The molecule has 0 bridgehead atoms. The summed E-state index contributed by atoms with van der Waals surface area (Å²) in [7, 11) is 0. The Hall–Kier alpha value is -1.57. The summed E-state index contributed by atoms with van der Waals surface area (Å²) in [5.74, 6) is 0. The molecule has 2 N–H and O–H groups in total. The summed E-state index contributed by atoms with van der Waals surface area (Å²) in [6.07, 6.45) is 6.11. The summed E-state index contributed by atoms with van der Waals surface area (Å²) < 4.78 is 0. The lowest BCUT2D eigenvalue weighted by molar-refractivity contribution is 0.901. The highest BCUT2D eigenvalue weighted by molar-refractivity contribution is 5.73. The number of aliphatic imine (C=N–C) groups is 1. The number of rotatable bonds is 2. The topological polar surface area (TPSA) is 38.4 Å². The molecular formula is C12H14N2. The first-order valence-corrected chi connectivity index (χ1v) is 4.87. The Balaban J connectivity index is 2.07. The van der Waals surface area contributed by atoms with Gasteiger partial charge in [-0.25, -0.2) is 0 Å². The lowest BCUT2D eigenvalue weighted by atomic mass is 10.0. The van der Waals surface area contributed by atoms with Gasteiger partial charge in [-0.3, -0.25) is 4.99 Å². The van der Waals surface area contributed by atoms with Gasteiger partial charge in [-0.05, 0) is 36.6 Å². The zero-order valence-corrected chi connectivity index (χ0v) is 8.11. The fourth-order valence-corrected chi connectivity index (χ4v) is 1.57. The summed E-state index contributed by atoms with van der Waals surface area (Å²) in [6, 6.07) is 8.07. The first-order chi connectivity index (χ1) is 6.84. The van der Waals surface area contributed by atoms with E-state index in [2.05, 4.69) is 23.2 Å². The average molecular weight is 186 g/mol. The Morgan fingerprint density at radius 3 is 2.64 bits per heavy atom. The molecule has 0 aromatic heterocycles. The van der Waals surface area contributed by atoms with Gasteiger partial charge in [-0.1, -0.05) is 17.7 Å². The molecule has 0 spiro atoms. The summed E-state index contributed by atoms with van der Waals surface area (Å²) in [4.78, 5) is 4.16. The van der Waals surface area contributed by atoms with Crippen LogP contribution in [0.2, 0.25) is 0 Å². The highest BCUT2D eigenvalue weighted by Crippen LogP contribution is 2.14. The predicted molar refractivity (Wildman–Crippen MR) is 60.6 cm³/mol. The van der Waals surface area contributed by atoms with Crippen LogP contribution in [0.25, 0.3) is 0 Å². The van der Waals surface area contributed by atoms with Crippen molar-refractivity contribution < 1.29 is 0 Å². The standard InChI is InChI=1S/C12H14N2/c13-12-3-1-10(2-4-12)9-11-5-7-14-8-6-11/h1-5,7H,6,8-9,13H2. The van der Waals surface area contributed by atoms with Crippen molar-refractivity contribution in [2.24, 2.45) is 4.99 Å². The second-order valence-electron chi connectivity index (χ2n) is 3.55. The molecule has 2 nitrogen and oxygen atoms in total. The zero-order chi connectivity index (χ0) is 9.80. The summed E-state index contributed by atoms with van der Waals surface area (Å²) >= 11 is 0. The van der Waals surface area contributed by atoms with Gasteiger partial charge in [0.05, 0.1) is 0 Å². The summed E-state index contributed by atoms with van der Waals surface area (Å²) in [6.45, 7) is 0.931. The Morgan fingerprint density at radius 1 is 1.21 bits per heavy atom. The van der Waals surface area contributed by atoms with E-state index in [0.717, 1.165) is 25.1 Å². The van der Waals surface area contributed by atoms with Gasteiger partial charge < -0.3 is 5.73 Å². The second-order valence-corrected chi connectivity index (χ2v) is 3.55. The minimum atomic E-state index is 0.827. The Morgan fingerprint density at radius 2 is 2.00 bits per heavy atom. The number of hydrogen-bond acceptors (Lipinski definition) is 2. The van der Waals surface area contributed by atoms with E-state index < -0.39 is 0 Å². The molecule has 0 fully saturated rings. The number of anilines is 1. The van der Waals surface area contributed by atoms with Gasteiger partial charge in [-0.2, -0.15) is 0 Å². The zero-order valence-electron chi connectivity index (χ0n) is 8.11. The predicted octanol–water partition coefficient (Wildman–Crippen LogP) is 2.21. The van der Waals surface area contributed by atoms with Crippen molar-refractivity contribution in [1.82, 2.24) is 0 Å². The second kappa shape index (κ2) is 4.09. The molecule has 14 heavy (non-hydrogen) atoms. The number of nitrogens with zero attached hydrogens (tertiary/aromatic N) is 1. The molecule has 1 aliphatic rings. The molecule has 2 rings (SSSR count). The van der Waals surface area contributed by atoms with E-state index in [1.807, 2.05) is 18.3 Å². The first kappa shape index (κ1) is 9.00. The van der Waals surface area contributed by atoms with Crippen molar-refractivity contribution >= 4 is 11.9 Å². The van der Waals surface area contributed by atoms with Crippen LogP contribution in [0.3, 0.4) is 0 Å². The van der Waals surface area contributed by atoms with E-state index in [4.69, 9.17) is 5.73 Å². The molecule has 1 aromatic carbocycles. The minimum absolute atomic E-state index is 0.827. The maximum Gasteiger partial charge on any atom is 0.0426 e. The number of allylic oxidation sites excluding steroid dienone is 1. The van der Waals surface area contributed by atoms with Gasteiger partial charge in [0, 0.05) is 18.4 Å². The maximum atomic E-state index is 5.62. The number of benzene rings is 1. The molecule has 1 aromatic rings. The lowest BCUT2D eigenvalue weighted by Gasteiger charge is -2.08. The van der Waals surface area contributed by atoms with E-state index in [0.29, 0.717) is 0 Å². The van der Waals surface area contributed by atoms with Gasteiger partial charge in [0.25, 0.3) is 0 Å². The van der Waals surface area contributed by atoms with E-state index in [1.165, 1.54) is 11.1 Å². The molecule has 0 unspecified atom stereocenters. The van der Waals surface area contributed by atoms with Crippen LogP contribution in [0, 0.1) is 0 Å². The highest BCUT2D eigenvalue weighted by atomic mass is 14.7. The molecule has 2 heteroatoms. The van der Waals surface area contributed by atoms with Crippen LogP contribution in [0.4, 0.5) is 5.69 Å². The molecule has 0 radical (unpaired) electrons. The fourth-order valence-electron chi connectivity index (χ4n) is 1.57. The average Bonchev–Trinajstić information content (AvgIpc) is 2.23. The monoisotopic (exact) mass is 186 g/mol. The van der Waals surface area contributed by atoms with Crippen molar-refractivity contribution in [1.29, 1.82) is 0 Å². The fraction of sp³-hybridized carbons (Fsp3) is 0.250. The van der Waals surface area contributed by atoms with Crippen LogP contribution in [-0.4, -0.2) is 12.8 Å². The van der Waals surface area contributed by atoms with Crippen LogP contribution >= 0.6 is 0 Å². The van der Waals surface area contributed by atoms with Gasteiger partial charge in [0.1, 0.15) is 0 Å². The van der Waals surface area contributed by atoms with Gasteiger partial charge >= 0.3 is 0 Å². The van der Waals surface area contributed by atoms with Crippen LogP contribution < -0.4 is 5.73 Å². The van der Waals surface area contributed by atoms with Gasteiger partial charge in [0.2, 0.25) is 0 Å². The van der Waals surface area contributed by atoms with E-state index in [9.17, 15) is 0 Å². The minimum Gasteiger partial charge on any atom is -0.399 e. The number of nitrogen functional groups attached to an aromatic ring is 1. The SMILES string of the molecule is Nc1ccc(CC2=CC=NCC2)cc1. The normalized spacial score (nSPS) is 15.3. The Kier molecular flexibility index (Phi) is 2.63. The third-order valence-electron chi connectivity index (χ3n) is 2.39. The number of hydrogen-bond donors (Lipinski definition) is 1. The molecule has 0 saturated carbocycles. The highest BCUT2D eigenvalue weighted by Gasteiger charge is 2.01. The van der Waals surface area contributed by atoms with E-state index >= 15 is 0 Å². The summed E-state index contributed by atoms with van der Waals surface area (Å²) in [5.41, 5.74) is 9.22. The van der Waals surface area contributed by atoms with Crippen molar-refractivity contribution in [3.8, 4) is 0 Å². The quantitative estimate of drug-likeness (QED) is 0.706. The number of nitrogens with two attached hydrogens (primary N) is 1. The largest absolute Gasteiger partial charge is 0.399 e. The van der Waals surface area contributed by atoms with Crippen molar-refractivity contribution in [3.05, 3.63) is 41.5 Å². The third-order valence-corrected chi connectivity index (χ3v) is 2.39. The first-order valence-electron chi connectivity index (χ1n) is 4.87. The van der Waals surface area contributed by atoms with Crippen molar-refractivity contribution in [2.45, 2.75) is 12.8 Å². The van der Waals surface area contributed by atoms with Crippen LogP contribution in [-0.2, 0) is 6.42 Å². The number of dihydropyridines is 1. The van der Waals surface area contributed by atoms with Crippen LogP contribution in [0.1, 0.15) is 12.0 Å². The summed E-state index contributed by atoms with van der Waals surface area (Å²) in [5, 5.41) is 0. The molecule has 0 amide bonds. The van der Waals surface area contributed by atoms with Crippen molar-refractivity contribution in [3.63, 3.8) is 0 Å². The lowest BCUT2D eigenvalue weighted by Crippen LogP contribution is -1.98. The third kappa shape index (κ3) is 2.22. The molecule has 0 atom stereocenters. The van der Waals surface area contributed by atoms with Gasteiger partial charge in [0.15, 0.2) is 0 Å². The molecule has 72 valence electrons. The molecule has 0 saturated heterocycles. The van der Waals surface area contributed by atoms with E-state index in [-0.39, 0.29) is 0 Å². The maximum absolute atomic E-state index is 5.62. The smallest absolute Gasteiger partial charge is 0.0426 e. The Bertz CT molecular complexity index is 360. The van der Waals surface area contributed by atoms with Crippen LogP contribution in [0.5, 0.6) is 0 Å². The van der Waals surface area contributed by atoms with Crippen molar-refractivity contribution in [2.75, 3.05) is 12.3 Å². The molecule has 1 aliphatic heterocycles. The van der Waals surface area contributed by atoms with Crippen LogP contribution in [0.15, 0.2) is 40.9 Å². The Labute approximate surface area is 84.2 Å². The van der Waals surface area contributed by atoms with Gasteiger partial charge in [-0.15, -0.1) is 0 Å². The molecule has 0 aliphatic carbocycles. The molecule has 1 heterocycles.